The number of hydrazine groups is 1. The quantitative estimate of drug-likeness (QED) is 0.495. The molecule has 7 heteroatoms. The number of aromatic nitrogens is 3. The maximum atomic E-state index is 5.47. The summed E-state index contributed by atoms with van der Waals surface area (Å²) >= 11 is 0. The van der Waals surface area contributed by atoms with Crippen LogP contribution in [0.2, 0.25) is 0 Å². The van der Waals surface area contributed by atoms with Crippen LogP contribution in [0.4, 0.5) is 17.8 Å². The van der Waals surface area contributed by atoms with Gasteiger partial charge < -0.3 is 10.2 Å². The molecule has 0 amide bonds. The number of nitrogens with two attached hydrogens (primary N) is 1. The highest BCUT2D eigenvalue weighted by molar-refractivity contribution is 5.43. The molecule has 2 saturated carbocycles. The predicted molar refractivity (Wildman–Crippen MR) is 84.1 cm³/mol. The fraction of sp³-hybridized carbons (Fsp3) is 0.786. The first kappa shape index (κ1) is 14.3. The molecular weight excluding hydrogens is 266 g/mol. The molecule has 0 radical (unpaired) electrons. The van der Waals surface area contributed by atoms with Crippen LogP contribution in [0, 0.1) is 11.3 Å². The Bertz CT molecular complexity index is 492. The van der Waals surface area contributed by atoms with Crippen molar-refractivity contribution in [2.45, 2.75) is 39.5 Å². The molecule has 0 spiro atoms. The summed E-state index contributed by atoms with van der Waals surface area (Å²) in [6, 6.07) is 0. The van der Waals surface area contributed by atoms with E-state index in [4.69, 9.17) is 5.84 Å². The molecule has 21 heavy (non-hydrogen) atoms. The van der Waals surface area contributed by atoms with E-state index in [2.05, 4.69) is 44.4 Å². The van der Waals surface area contributed by atoms with Crippen molar-refractivity contribution in [1.29, 1.82) is 0 Å². The Morgan fingerprint density at radius 2 is 1.81 bits per heavy atom. The van der Waals surface area contributed by atoms with Crippen molar-refractivity contribution in [1.82, 2.24) is 15.0 Å². The highest BCUT2D eigenvalue weighted by Crippen LogP contribution is 2.61. The number of hydrogen-bond donors (Lipinski definition) is 3. The standard InChI is InChI=1S/C14H25N7/c1-3-21(4-2)13-18-11(17-12(19-13)20-15)16-9-14(7-8-14)10-5-6-10/h10H,3-9,15H2,1-2H3,(H2,16,17,18,19,20). The van der Waals surface area contributed by atoms with Crippen molar-refractivity contribution in [3.05, 3.63) is 0 Å². The first-order valence-corrected chi connectivity index (χ1v) is 7.92. The molecular formula is C14H25N7. The first-order valence-electron chi connectivity index (χ1n) is 7.92. The summed E-state index contributed by atoms with van der Waals surface area (Å²) < 4.78 is 0. The van der Waals surface area contributed by atoms with E-state index in [-0.39, 0.29) is 0 Å². The van der Waals surface area contributed by atoms with Gasteiger partial charge in [0.25, 0.3) is 0 Å². The minimum Gasteiger partial charge on any atom is -0.353 e. The lowest BCUT2D eigenvalue weighted by Crippen LogP contribution is -2.27. The lowest BCUT2D eigenvalue weighted by Gasteiger charge is -2.20. The number of rotatable bonds is 8. The van der Waals surface area contributed by atoms with Crippen LogP contribution < -0.4 is 21.5 Å². The Balaban J connectivity index is 1.72. The summed E-state index contributed by atoms with van der Waals surface area (Å²) in [6.45, 7) is 6.85. The zero-order valence-electron chi connectivity index (χ0n) is 12.9. The summed E-state index contributed by atoms with van der Waals surface area (Å²) in [5, 5.41) is 3.40. The fourth-order valence-electron chi connectivity index (χ4n) is 3.00. The topological polar surface area (TPSA) is 92.0 Å². The molecule has 4 N–H and O–H groups in total. The van der Waals surface area contributed by atoms with Crippen LogP contribution in [0.1, 0.15) is 39.5 Å². The lowest BCUT2D eigenvalue weighted by molar-refractivity contribution is 0.465. The molecule has 0 aliphatic heterocycles. The average Bonchev–Trinajstić information content (AvgIpc) is 3.39. The highest BCUT2D eigenvalue weighted by atomic mass is 15.4. The summed E-state index contributed by atoms with van der Waals surface area (Å²) in [5.74, 6) is 8.09. The van der Waals surface area contributed by atoms with E-state index in [9.17, 15) is 0 Å². The molecule has 0 bridgehead atoms. The minimum absolute atomic E-state index is 0.408. The SMILES string of the molecule is CCN(CC)c1nc(NN)nc(NCC2(C3CC3)CC2)n1. The largest absolute Gasteiger partial charge is 0.353 e. The predicted octanol–water partition coefficient (Wildman–Crippen LogP) is 1.61. The van der Waals surface area contributed by atoms with Crippen LogP contribution >= 0.6 is 0 Å². The molecule has 2 aliphatic carbocycles. The number of nitrogen functional groups attached to an aromatic ring is 1. The molecule has 2 fully saturated rings. The first-order chi connectivity index (χ1) is 10.2. The van der Waals surface area contributed by atoms with E-state index in [1.54, 1.807) is 0 Å². The van der Waals surface area contributed by atoms with Gasteiger partial charge in [-0.2, -0.15) is 15.0 Å². The van der Waals surface area contributed by atoms with E-state index in [1.165, 1.54) is 25.7 Å². The molecule has 116 valence electrons. The Morgan fingerprint density at radius 3 is 2.33 bits per heavy atom. The van der Waals surface area contributed by atoms with Crippen LogP contribution in [0.25, 0.3) is 0 Å². The van der Waals surface area contributed by atoms with Crippen LogP contribution in [0.5, 0.6) is 0 Å². The van der Waals surface area contributed by atoms with Gasteiger partial charge in [0.1, 0.15) is 0 Å². The molecule has 1 aromatic rings. The maximum absolute atomic E-state index is 5.47. The monoisotopic (exact) mass is 291 g/mol. The maximum Gasteiger partial charge on any atom is 0.243 e. The summed E-state index contributed by atoms with van der Waals surface area (Å²) in [7, 11) is 0. The zero-order valence-corrected chi connectivity index (χ0v) is 12.9. The van der Waals surface area contributed by atoms with Crippen LogP contribution in [0.15, 0.2) is 0 Å². The summed E-state index contributed by atoms with van der Waals surface area (Å²) in [4.78, 5) is 15.3. The van der Waals surface area contributed by atoms with Gasteiger partial charge in [0.15, 0.2) is 0 Å². The van der Waals surface area contributed by atoms with E-state index >= 15 is 0 Å². The van der Waals surface area contributed by atoms with Crippen molar-refractivity contribution in [3.8, 4) is 0 Å². The second-order valence-electron chi connectivity index (χ2n) is 6.09. The Hall–Kier alpha value is -1.63. The zero-order chi connectivity index (χ0) is 14.9. The van der Waals surface area contributed by atoms with Gasteiger partial charge in [-0.25, -0.2) is 5.84 Å². The minimum atomic E-state index is 0.408. The van der Waals surface area contributed by atoms with Crippen LogP contribution in [-0.2, 0) is 0 Å². The van der Waals surface area contributed by atoms with Crippen LogP contribution in [-0.4, -0.2) is 34.6 Å². The van der Waals surface area contributed by atoms with Gasteiger partial charge in [-0.1, -0.05) is 0 Å². The number of hydrogen-bond acceptors (Lipinski definition) is 7. The summed E-state index contributed by atoms with van der Waals surface area (Å²) in [5.41, 5.74) is 3.04. The highest BCUT2D eigenvalue weighted by Gasteiger charge is 2.53. The van der Waals surface area contributed by atoms with Gasteiger partial charge in [0, 0.05) is 19.6 Å². The fourth-order valence-corrected chi connectivity index (χ4v) is 3.00. The summed E-state index contributed by atoms with van der Waals surface area (Å²) in [6.07, 6.45) is 5.44. The van der Waals surface area contributed by atoms with Crippen molar-refractivity contribution >= 4 is 17.8 Å². The van der Waals surface area contributed by atoms with Gasteiger partial charge in [-0.15, -0.1) is 0 Å². The molecule has 7 nitrogen and oxygen atoms in total. The lowest BCUT2D eigenvalue weighted by atomic mass is 10.0. The third-order valence-electron chi connectivity index (χ3n) is 4.73. The van der Waals surface area contributed by atoms with Crippen molar-refractivity contribution < 1.29 is 0 Å². The third-order valence-corrected chi connectivity index (χ3v) is 4.73. The van der Waals surface area contributed by atoms with Crippen molar-refractivity contribution in [3.63, 3.8) is 0 Å². The van der Waals surface area contributed by atoms with E-state index in [0.29, 0.717) is 23.3 Å². The molecule has 0 saturated heterocycles. The van der Waals surface area contributed by atoms with Crippen molar-refractivity contribution in [2.24, 2.45) is 17.2 Å². The van der Waals surface area contributed by atoms with Crippen molar-refractivity contribution in [2.75, 3.05) is 35.3 Å². The molecule has 2 aliphatic rings. The van der Waals surface area contributed by atoms with Gasteiger partial charge in [-0.05, 0) is 50.9 Å². The molecule has 0 atom stereocenters. The number of nitrogens with one attached hydrogen (secondary N) is 2. The van der Waals surface area contributed by atoms with E-state index < -0.39 is 0 Å². The second kappa shape index (κ2) is 5.63. The normalized spacial score (nSPS) is 19.2. The Kier molecular flexibility index (Phi) is 3.84. The van der Waals surface area contributed by atoms with Gasteiger partial charge in [-0.3, -0.25) is 5.43 Å². The smallest absolute Gasteiger partial charge is 0.243 e. The van der Waals surface area contributed by atoms with Gasteiger partial charge in [0.2, 0.25) is 17.8 Å². The number of nitrogens with zero attached hydrogens (tertiary/aromatic N) is 4. The Morgan fingerprint density at radius 1 is 1.14 bits per heavy atom. The molecule has 3 rings (SSSR count). The molecule has 1 heterocycles. The molecule has 0 aromatic carbocycles. The molecule has 0 unspecified atom stereocenters. The van der Waals surface area contributed by atoms with Gasteiger partial charge in [0.05, 0.1) is 0 Å². The number of anilines is 3. The van der Waals surface area contributed by atoms with E-state index in [0.717, 1.165) is 25.6 Å². The third kappa shape index (κ3) is 3.02. The van der Waals surface area contributed by atoms with Crippen LogP contribution in [0.3, 0.4) is 0 Å². The average molecular weight is 291 g/mol. The molecule has 1 aromatic heterocycles. The second-order valence-corrected chi connectivity index (χ2v) is 6.09. The Labute approximate surface area is 125 Å². The van der Waals surface area contributed by atoms with Gasteiger partial charge >= 0.3 is 0 Å². The van der Waals surface area contributed by atoms with E-state index in [1.807, 2.05) is 0 Å².